The number of carbonyl (C=O) groups is 2. The zero-order valence-corrected chi connectivity index (χ0v) is 33.9. The summed E-state index contributed by atoms with van der Waals surface area (Å²) in [7, 11) is 1.63. The average Bonchev–Trinajstić information content (AvgIpc) is 3.48. The second-order valence-electron chi connectivity index (χ2n) is 16.8. The van der Waals surface area contributed by atoms with Crippen LogP contribution in [0.15, 0.2) is 59.3 Å². The Morgan fingerprint density at radius 1 is 1.09 bits per heavy atom. The Kier molecular flexibility index (Phi) is 13.0. The Hall–Kier alpha value is -2.68. The lowest BCUT2D eigenvalue weighted by Crippen LogP contribution is -2.58. The molecule has 55 heavy (non-hydrogen) atoms. The van der Waals surface area contributed by atoms with Crippen molar-refractivity contribution in [3.05, 3.63) is 59.3 Å². The lowest BCUT2D eigenvalue weighted by molar-refractivity contribution is -0.300. The molecule has 6 aliphatic rings. The minimum atomic E-state index is -1.82. The second-order valence-corrected chi connectivity index (χ2v) is 16.8. The van der Waals surface area contributed by atoms with Crippen LogP contribution in [0.2, 0.25) is 0 Å². The predicted molar refractivity (Wildman–Crippen MR) is 204 cm³/mol. The van der Waals surface area contributed by atoms with Gasteiger partial charge in [-0.1, -0.05) is 70.6 Å². The minimum Gasteiger partial charge on any atom is -0.462 e. The summed E-state index contributed by atoms with van der Waals surface area (Å²) >= 11 is 0. The van der Waals surface area contributed by atoms with Gasteiger partial charge in [0.15, 0.2) is 12.1 Å². The number of rotatable bonds is 6. The van der Waals surface area contributed by atoms with Crippen molar-refractivity contribution in [3.8, 4) is 0 Å². The van der Waals surface area contributed by atoms with Gasteiger partial charge in [0.1, 0.15) is 29.8 Å². The number of allylic oxidation sites excluding steroid dienone is 2. The molecular formula is C43H63NO11. The van der Waals surface area contributed by atoms with E-state index in [0.717, 1.165) is 12.0 Å². The van der Waals surface area contributed by atoms with Crippen LogP contribution in [0.4, 0.5) is 0 Å². The van der Waals surface area contributed by atoms with Crippen molar-refractivity contribution in [1.82, 2.24) is 5.32 Å². The molecule has 0 aromatic heterocycles. The first-order valence-corrected chi connectivity index (χ1v) is 20.2. The predicted octanol–water partition coefficient (Wildman–Crippen LogP) is 4.99. The summed E-state index contributed by atoms with van der Waals surface area (Å²) in [6.07, 6.45) is 11.2. The number of ether oxygens (including phenoxy) is 7. The maximum Gasteiger partial charge on any atom is 0.316 e. The van der Waals surface area contributed by atoms with Gasteiger partial charge in [-0.05, 0) is 55.9 Å². The van der Waals surface area contributed by atoms with Crippen LogP contribution in [0.5, 0.6) is 0 Å². The van der Waals surface area contributed by atoms with Crippen LogP contribution in [0.1, 0.15) is 87.5 Å². The third kappa shape index (κ3) is 8.62. The first-order valence-electron chi connectivity index (χ1n) is 20.2. The van der Waals surface area contributed by atoms with Crippen molar-refractivity contribution in [2.75, 3.05) is 13.7 Å². The normalized spacial score (nSPS) is 46.6. The van der Waals surface area contributed by atoms with Crippen molar-refractivity contribution >= 4 is 11.9 Å². The van der Waals surface area contributed by atoms with Crippen molar-refractivity contribution < 1.29 is 53.0 Å². The summed E-state index contributed by atoms with van der Waals surface area (Å²) in [5.41, 5.74) is 0.163. The Balaban J connectivity index is 1.37. The molecule has 12 nitrogen and oxygen atoms in total. The second kappa shape index (κ2) is 17.0. The van der Waals surface area contributed by atoms with E-state index >= 15 is 0 Å². The fraction of sp³-hybridized carbons (Fsp3) is 0.721. The summed E-state index contributed by atoms with van der Waals surface area (Å²) in [6, 6.07) is -0.319. The monoisotopic (exact) mass is 769 g/mol. The van der Waals surface area contributed by atoms with Gasteiger partial charge in [0.2, 0.25) is 5.91 Å². The van der Waals surface area contributed by atoms with Crippen LogP contribution in [0, 0.1) is 23.7 Å². The molecule has 1 amide bonds. The molecule has 12 heteroatoms. The van der Waals surface area contributed by atoms with Crippen LogP contribution >= 0.6 is 0 Å². The van der Waals surface area contributed by atoms with E-state index in [-0.39, 0.29) is 60.7 Å². The zero-order valence-electron chi connectivity index (χ0n) is 33.9. The highest BCUT2D eigenvalue weighted by Gasteiger charge is 2.60. The molecule has 2 bridgehead atoms. The molecule has 1 spiro atoms. The Morgan fingerprint density at radius 2 is 1.85 bits per heavy atom. The number of aliphatic hydroxyl groups is 2. The fourth-order valence-corrected chi connectivity index (χ4v) is 9.33. The van der Waals surface area contributed by atoms with E-state index in [9.17, 15) is 19.8 Å². The molecule has 3 fully saturated rings. The van der Waals surface area contributed by atoms with Gasteiger partial charge in [0.05, 0.1) is 43.2 Å². The zero-order chi connectivity index (χ0) is 39.8. The van der Waals surface area contributed by atoms with Crippen LogP contribution in [-0.4, -0.2) is 108 Å². The summed E-state index contributed by atoms with van der Waals surface area (Å²) in [6.45, 7) is 15.7. The highest BCUT2D eigenvalue weighted by atomic mass is 16.7. The van der Waals surface area contributed by atoms with Gasteiger partial charge in [0.25, 0.3) is 0 Å². The molecule has 0 saturated carbocycles. The number of esters is 1. The Morgan fingerprint density at radius 3 is 2.56 bits per heavy atom. The largest absolute Gasteiger partial charge is 0.462 e. The van der Waals surface area contributed by atoms with Gasteiger partial charge in [-0.15, -0.1) is 0 Å². The van der Waals surface area contributed by atoms with Crippen LogP contribution in [0.25, 0.3) is 0 Å². The number of nitrogens with one attached hydrogen (secondary N) is 1. The van der Waals surface area contributed by atoms with E-state index in [1.54, 1.807) is 26.2 Å². The van der Waals surface area contributed by atoms with Crippen LogP contribution < -0.4 is 5.32 Å². The topological polar surface area (TPSA) is 151 Å². The van der Waals surface area contributed by atoms with Crippen molar-refractivity contribution in [2.24, 2.45) is 23.7 Å². The summed E-state index contributed by atoms with van der Waals surface area (Å²) < 4.78 is 45.0. The lowest BCUT2D eigenvalue weighted by Gasteiger charge is -2.48. The van der Waals surface area contributed by atoms with E-state index in [0.29, 0.717) is 36.8 Å². The molecule has 1 aliphatic carbocycles. The molecular weight excluding hydrogens is 706 g/mol. The molecule has 6 rings (SSSR count). The molecule has 3 N–H and O–H groups in total. The van der Waals surface area contributed by atoms with Crippen molar-refractivity contribution in [1.29, 1.82) is 0 Å². The maximum atomic E-state index is 14.3. The molecule has 0 radical (unpaired) electrons. The third-order valence-corrected chi connectivity index (χ3v) is 12.7. The summed E-state index contributed by atoms with van der Waals surface area (Å²) in [5.74, 6) is -2.65. The van der Waals surface area contributed by atoms with Crippen LogP contribution in [-0.2, 0) is 42.7 Å². The fourth-order valence-electron chi connectivity index (χ4n) is 9.33. The quantitative estimate of drug-likeness (QED) is 0.248. The number of fused-ring (bicyclic) bond motifs is 2. The molecule has 3 saturated heterocycles. The maximum absolute atomic E-state index is 14.3. The van der Waals surface area contributed by atoms with Gasteiger partial charge in [-0.25, -0.2) is 0 Å². The standard InChI is InChI=1S/C43H63NO11/c1-10-23(2)39-26(5)16-17-42(55-39)21-32-19-31(54-42)15-14-25(4)38(53-35-20-34(49-9)36(28(7)51-35)44-29(8)45)24(3)12-11-13-30-22-50-40-37(46)27(6)18-33(41(47)52-32)43(30,40)48/h11-14,16-18,23-24,26,28,31-40,46,48H,10,15,19-22H2,1-9H3,(H,44,45)/b12-11+,25-14+,30-13+/t23?,24-,26-,28-,31+,32-,33-,34-,35-,36+,37+,38-,39+,40+,42+,43+/m0/s1. The molecule has 0 aromatic carbocycles. The molecule has 16 atom stereocenters. The molecule has 5 aliphatic heterocycles. The van der Waals surface area contributed by atoms with Crippen molar-refractivity contribution in [3.63, 3.8) is 0 Å². The molecule has 1 unspecified atom stereocenters. The first kappa shape index (κ1) is 41.9. The minimum absolute atomic E-state index is 0.0403. The SMILES string of the molecule is CCC(C)[C@H]1O[C@]2(C=C[C@@H]1C)C[C@@H]1C[C@@H](C/C=C(\C)[C@@H](O[C@H]3C[C@H](OC)[C@H](NC(C)=O)[C@H](C)O3)[C@@H](C)/C=C/C=C3\CO[C@@H]4[C@H](O)C(C)=C[C@@H](C(=O)O1)[C@]34O)O2. The number of aliphatic hydroxyl groups excluding tert-OH is 1. The lowest BCUT2D eigenvalue weighted by atomic mass is 9.71. The van der Waals surface area contributed by atoms with E-state index in [2.05, 4.69) is 45.2 Å². The average molecular weight is 770 g/mol. The van der Waals surface area contributed by atoms with E-state index in [4.69, 9.17) is 33.2 Å². The molecule has 306 valence electrons. The summed E-state index contributed by atoms with van der Waals surface area (Å²) in [4.78, 5) is 26.2. The first-order chi connectivity index (χ1) is 26.1. The van der Waals surface area contributed by atoms with Gasteiger partial charge in [-0.3, -0.25) is 9.59 Å². The van der Waals surface area contributed by atoms with E-state index in [1.165, 1.54) is 6.92 Å². The van der Waals surface area contributed by atoms with Gasteiger partial charge < -0.3 is 48.7 Å². The van der Waals surface area contributed by atoms with Crippen molar-refractivity contribution in [2.45, 2.75) is 160 Å². The summed E-state index contributed by atoms with van der Waals surface area (Å²) in [5, 5.41) is 26.5. The number of methoxy groups -OCH3 is 1. The third-order valence-electron chi connectivity index (χ3n) is 12.7. The van der Waals surface area contributed by atoms with E-state index < -0.39 is 54.0 Å². The number of amides is 1. The number of hydrogen-bond donors (Lipinski definition) is 3. The molecule has 5 heterocycles. The smallest absolute Gasteiger partial charge is 0.316 e. The molecule has 0 aromatic rings. The van der Waals surface area contributed by atoms with Crippen LogP contribution in [0.3, 0.4) is 0 Å². The Bertz CT molecular complexity index is 1570. The highest BCUT2D eigenvalue weighted by Crippen LogP contribution is 2.47. The van der Waals surface area contributed by atoms with Gasteiger partial charge in [-0.2, -0.15) is 0 Å². The highest BCUT2D eigenvalue weighted by molar-refractivity contribution is 5.78. The Labute approximate surface area is 326 Å². The number of carbonyl (C=O) groups excluding carboxylic acids is 2. The van der Waals surface area contributed by atoms with E-state index in [1.807, 2.05) is 32.1 Å². The van der Waals surface area contributed by atoms with Gasteiger partial charge >= 0.3 is 5.97 Å². The number of hydrogen-bond acceptors (Lipinski definition) is 11. The van der Waals surface area contributed by atoms with Gasteiger partial charge in [0, 0.05) is 45.1 Å².